The van der Waals surface area contributed by atoms with Crippen molar-refractivity contribution in [3.05, 3.63) is 53.1 Å². The van der Waals surface area contributed by atoms with E-state index in [1.165, 1.54) is 55.7 Å². The number of benzene rings is 1. The van der Waals surface area contributed by atoms with Crippen molar-refractivity contribution in [2.45, 2.75) is 71.1 Å². The molecule has 28 heavy (non-hydrogen) atoms. The van der Waals surface area contributed by atoms with Gasteiger partial charge in [0.2, 0.25) is 0 Å². The molecule has 2 atom stereocenters. The second-order valence-electron chi connectivity index (χ2n) is 8.33. The first-order valence-corrected chi connectivity index (χ1v) is 10.7. The van der Waals surface area contributed by atoms with Crippen LogP contribution < -0.4 is 10.1 Å². The Balaban J connectivity index is 0.000000878. The maximum Gasteiger partial charge on any atom is 0.336 e. The van der Waals surface area contributed by atoms with E-state index >= 15 is 0 Å². The number of fused-ring (bicyclic) bond motifs is 3. The first-order valence-electron chi connectivity index (χ1n) is 10.7. The number of aryl methyl sites for hydroxylation is 1. The van der Waals surface area contributed by atoms with Crippen LogP contribution in [0.2, 0.25) is 0 Å². The zero-order valence-corrected chi connectivity index (χ0v) is 18.3. The Morgan fingerprint density at radius 3 is 2.68 bits per heavy atom. The number of esters is 1. The highest BCUT2D eigenvalue weighted by Gasteiger charge is 2.44. The van der Waals surface area contributed by atoms with Crippen LogP contribution in [0.5, 0.6) is 5.75 Å². The van der Waals surface area contributed by atoms with E-state index in [2.05, 4.69) is 24.4 Å². The zero-order valence-electron chi connectivity index (χ0n) is 18.3. The fraction of sp³-hybridized carbons (Fsp3) is 0.560. The molecule has 1 aromatic carbocycles. The minimum atomic E-state index is -0.306. The molecule has 0 unspecified atom stereocenters. The maximum atomic E-state index is 12.1. The summed E-state index contributed by atoms with van der Waals surface area (Å²) in [7, 11) is 3.75. The summed E-state index contributed by atoms with van der Waals surface area (Å²) in [6.07, 6.45) is 14.1. The van der Waals surface area contributed by atoms with Gasteiger partial charge in [-0.2, -0.15) is 0 Å². The van der Waals surface area contributed by atoms with Gasteiger partial charge in [-0.3, -0.25) is 0 Å². The maximum absolute atomic E-state index is 12.1. The van der Waals surface area contributed by atoms with E-state index < -0.39 is 0 Å². The molecule has 3 nitrogen and oxygen atoms in total. The lowest BCUT2D eigenvalue weighted by Gasteiger charge is -2.48. The predicted octanol–water partition coefficient (Wildman–Crippen LogP) is 5.73. The van der Waals surface area contributed by atoms with Crippen LogP contribution in [0.15, 0.2) is 42.0 Å². The molecule has 0 amide bonds. The van der Waals surface area contributed by atoms with Gasteiger partial charge in [-0.1, -0.05) is 43.6 Å². The van der Waals surface area contributed by atoms with Crippen molar-refractivity contribution in [1.29, 1.82) is 0 Å². The first-order chi connectivity index (χ1) is 13.5. The Kier molecular flexibility index (Phi) is 8.50. The van der Waals surface area contributed by atoms with Crippen LogP contribution in [0, 0.1) is 5.92 Å². The Morgan fingerprint density at radius 1 is 1.25 bits per heavy atom. The molecule has 3 rings (SSSR count). The highest BCUT2D eigenvalue weighted by molar-refractivity contribution is 5.84. The fourth-order valence-electron chi connectivity index (χ4n) is 4.84. The van der Waals surface area contributed by atoms with Crippen LogP contribution in [-0.4, -0.2) is 20.1 Å². The highest BCUT2D eigenvalue weighted by atomic mass is 16.5. The lowest BCUT2D eigenvalue weighted by molar-refractivity contribution is -0.129. The van der Waals surface area contributed by atoms with Gasteiger partial charge in [-0.05, 0) is 94.6 Å². The SMILES string of the molecule is CC[C@@]12CCCC[C@@H]1CCc1ccc(OC(=O)/C=C/C=C(C)C)cc12.CNC. The molecule has 0 radical (unpaired) electrons. The van der Waals surface area contributed by atoms with Crippen molar-refractivity contribution in [3.8, 4) is 5.75 Å². The second kappa shape index (κ2) is 10.6. The molecule has 0 aliphatic heterocycles. The molecule has 1 N–H and O–H groups in total. The summed E-state index contributed by atoms with van der Waals surface area (Å²) in [6.45, 7) is 6.34. The van der Waals surface area contributed by atoms with Gasteiger partial charge in [0.15, 0.2) is 0 Å². The number of hydrogen-bond acceptors (Lipinski definition) is 3. The number of ether oxygens (including phenoxy) is 1. The third-order valence-corrected chi connectivity index (χ3v) is 6.10. The normalized spacial score (nSPS) is 23.1. The molecule has 0 bridgehead atoms. The highest BCUT2D eigenvalue weighted by Crippen LogP contribution is 2.52. The number of allylic oxidation sites excluding steroid dienone is 3. The topological polar surface area (TPSA) is 38.3 Å². The third-order valence-electron chi connectivity index (χ3n) is 6.10. The van der Waals surface area contributed by atoms with Crippen molar-refractivity contribution in [3.63, 3.8) is 0 Å². The van der Waals surface area contributed by atoms with Crippen LogP contribution in [0.4, 0.5) is 0 Å². The lowest BCUT2D eigenvalue weighted by atomic mass is 9.56. The predicted molar refractivity (Wildman–Crippen MR) is 118 cm³/mol. The largest absolute Gasteiger partial charge is 0.423 e. The Bertz CT molecular complexity index is 715. The molecule has 2 aliphatic carbocycles. The number of rotatable bonds is 4. The molecule has 3 heteroatoms. The van der Waals surface area contributed by atoms with Gasteiger partial charge in [-0.15, -0.1) is 0 Å². The van der Waals surface area contributed by atoms with E-state index in [-0.39, 0.29) is 5.97 Å². The summed E-state index contributed by atoms with van der Waals surface area (Å²) in [5, 5.41) is 2.75. The summed E-state index contributed by atoms with van der Waals surface area (Å²) < 4.78 is 5.58. The van der Waals surface area contributed by atoms with Gasteiger partial charge < -0.3 is 10.1 Å². The van der Waals surface area contributed by atoms with E-state index in [9.17, 15) is 4.79 Å². The van der Waals surface area contributed by atoms with Gasteiger partial charge >= 0.3 is 5.97 Å². The van der Waals surface area contributed by atoms with Crippen molar-refractivity contribution >= 4 is 5.97 Å². The summed E-state index contributed by atoms with van der Waals surface area (Å²) in [4.78, 5) is 12.1. The van der Waals surface area contributed by atoms with Crippen LogP contribution in [-0.2, 0) is 16.6 Å². The van der Waals surface area contributed by atoms with Crippen molar-refractivity contribution in [2.24, 2.45) is 5.92 Å². The van der Waals surface area contributed by atoms with Crippen LogP contribution in [0.25, 0.3) is 0 Å². The third kappa shape index (κ3) is 5.35. The van der Waals surface area contributed by atoms with E-state index in [0.717, 1.165) is 17.9 Å². The van der Waals surface area contributed by atoms with Crippen LogP contribution >= 0.6 is 0 Å². The van der Waals surface area contributed by atoms with Crippen molar-refractivity contribution < 1.29 is 9.53 Å². The Labute approximate surface area is 171 Å². The molecule has 0 spiro atoms. The van der Waals surface area contributed by atoms with E-state index in [4.69, 9.17) is 4.74 Å². The molecular formula is C25H37NO2. The second-order valence-corrected chi connectivity index (χ2v) is 8.33. The quantitative estimate of drug-likeness (QED) is 0.312. The van der Waals surface area contributed by atoms with E-state index in [1.54, 1.807) is 6.08 Å². The lowest BCUT2D eigenvalue weighted by Crippen LogP contribution is -2.41. The fourth-order valence-corrected chi connectivity index (χ4v) is 4.84. The zero-order chi connectivity index (χ0) is 20.6. The Hall–Kier alpha value is -1.87. The number of nitrogens with one attached hydrogen (secondary N) is 1. The molecule has 2 aliphatic rings. The van der Waals surface area contributed by atoms with Gasteiger partial charge in [0.1, 0.15) is 5.75 Å². The Morgan fingerprint density at radius 2 is 2.00 bits per heavy atom. The van der Waals surface area contributed by atoms with Gasteiger partial charge in [0.05, 0.1) is 0 Å². The molecule has 1 fully saturated rings. The van der Waals surface area contributed by atoms with Gasteiger partial charge in [0.25, 0.3) is 0 Å². The van der Waals surface area contributed by atoms with Crippen molar-refractivity contribution in [2.75, 3.05) is 14.1 Å². The summed E-state index contributed by atoms with van der Waals surface area (Å²) in [5.41, 5.74) is 4.36. The monoisotopic (exact) mass is 383 g/mol. The van der Waals surface area contributed by atoms with E-state index in [0.29, 0.717) is 11.2 Å². The molecule has 154 valence electrons. The van der Waals surface area contributed by atoms with Crippen LogP contribution in [0.1, 0.15) is 70.4 Å². The standard InChI is InChI=1S/C23H30O2.C2H7N/c1-4-23-15-6-5-9-19(23)13-11-18-12-14-20(16-21(18)23)25-22(24)10-7-8-17(2)3;1-3-2/h7-8,10,12,14,16,19H,4-6,9,11,13,15H2,1-3H3;3H,1-2H3/b10-7+;/t19-,23-;/m1./s1. The molecule has 0 saturated heterocycles. The minimum Gasteiger partial charge on any atom is -0.423 e. The van der Waals surface area contributed by atoms with Crippen LogP contribution in [0.3, 0.4) is 0 Å². The summed E-state index contributed by atoms with van der Waals surface area (Å²) >= 11 is 0. The molecule has 0 heterocycles. The number of carbonyl (C=O) groups excluding carboxylic acids is 1. The smallest absolute Gasteiger partial charge is 0.336 e. The minimum absolute atomic E-state index is 0.298. The molecule has 1 saturated carbocycles. The van der Waals surface area contributed by atoms with E-state index in [1.807, 2.05) is 40.1 Å². The summed E-state index contributed by atoms with van der Waals surface area (Å²) in [6, 6.07) is 6.29. The molecule has 0 aromatic heterocycles. The molecular weight excluding hydrogens is 346 g/mol. The number of carbonyl (C=O) groups is 1. The van der Waals surface area contributed by atoms with Crippen molar-refractivity contribution in [1.82, 2.24) is 5.32 Å². The number of hydrogen-bond donors (Lipinski definition) is 1. The van der Waals surface area contributed by atoms with Gasteiger partial charge in [0, 0.05) is 6.08 Å². The van der Waals surface area contributed by atoms with Gasteiger partial charge in [-0.25, -0.2) is 4.79 Å². The molecule has 1 aromatic rings. The average molecular weight is 384 g/mol. The first kappa shape index (κ1) is 22.4. The summed E-state index contributed by atoms with van der Waals surface area (Å²) in [5.74, 6) is 1.17. The average Bonchev–Trinajstić information content (AvgIpc) is 2.68.